The molecule has 3 atom stereocenters. The van der Waals surface area contributed by atoms with Crippen LogP contribution in [0.5, 0.6) is 0 Å². The Morgan fingerprint density at radius 1 is 1.05 bits per heavy atom. The van der Waals surface area contributed by atoms with Crippen molar-refractivity contribution in [1.29, 1.82) is 0 Å². The van der Waals surface area contributed by atoms with E-state index in [2.05, 4.69) is 18.7 Å². The van der Waals surface area contributed by atoms with Gasteiger partial charge in [0.1, 0.15) is 0 Å². The molecule has 3 aliphatic rings. The molecule has 3 aliphatic heterocycles. The molecule has 0 saturated carbocycles. The van der Waals surface area contributed by atoms with Gasteiger partial charge in [0, 0.05) is 18.5 Å². The molecule has 3 saturated heterocycles. The summed E-state index contributed by atoms with van der Waals surface area (Å²) < 4.78 is 12.3. The van der Waals surface area contributed by atoms with E-state index in [1.54, 1.807) is 0 Å². The van der Waals surface area contributed by atoms with Crippen molar-refractivity contribution in [2.45, 2.75) is 95.5 Å². The summed E-state index contributed by atoms with van der Waals surface area (Å²) in [6.07, 6.45) is 11.8. The van der Waals surface area contributed by atoms with Gasteiger partial charge in [0.2, 0.25) is 0 Å². The predicted molar refractivity (Wildman–Crippen MR) is 80.7 cm³/mol. The van der Waals surface area contributed by atoms with Crippen LogP contribution in [0.1, 0.15) is 71.6 Å². The lowest BCUT2D eigenvalue weighted by Gasteiger charge is -2.48. The molecule has 116 valence electrons. The molecule has 0 aromatic rings. The minimum Gasteiger partial charge on any atom is -0.346 e. The molecule has 0 aliphatic carbocycles. The first-order valence-electron chi connectivity index (χ1n) is 8.86. The Morgan fingerprint density at radius 2 is 1.85 bits per heavy atom. The first-order chi connectivity index (χ1) is 9.80. The summed E-state index contributed by atoms with van der Waals surface area (Å²) >= 11 is 0. The Kier molecular flexibility index (Phi) is 4.68. The maximum Gasteiger partial charge on any atom is 0.183 e. The van der Waals surface area contributed by atoms with Crippen molar-refractivity contribution in [2.75, 3.05) is 13.2 Å². The summed E-state index contributed by atoms with van der Waals surface area (Å²) in [5, 5.41) is 0. The molecule has 3 fully saturated rings. The molecule has 0 bridgehead atoms. The summed E-state index contributed by atoms with van der Waals surface area (Å²) in [4.78, 5) is 2.83. The van der Waals surface area contributed by atoms with Gasteiger partial charge >= 0.3 is 0 Å². The number of hydrogen-bond donors (Lipinski definition) is 0. The minimum atomic E-state index is -0.298. The smallest absolute Gasteiger partial charge is 0.183 e. The van der Waals surface area contributed by atoms with Gasteiger partial charge in [0.15, 0.2) is 5.79 Å². The molecule has 0 aromatic heterocycles. The molecule has 3 nitrogen and oxygen atoms in total. The average molecular weight is 281 g/mol. The van der Waals surface area contributed by atoms with E-state index in [1.807, 2.05) is 0 Å². The third kappa shape index (κ3) is 2.53. The summed E-state index contributed by atoms with van der Waals surface area (Å²) in [5.74, 6) is -0.298. The highest BCUT2D eigenvalue weighted by Crippen LogP contribution is 2.44. The summed E-state index contributed by atoms with van der Waals surface area (Å²) in [5.41, 5.74) is 0. The van der Waals surface area contributed by atoms with Gasteiger partial charge in [-0.1, -0.05) is 33.1 Å². The number of nitrogens with zero attached hydrogens (tertiary/aromatic N) is 1. The lowest BCUT2D eigenvalue weighted by molar-refractivity contribution is -0.218. The molecular weight excluding hydrogens is 250 g/mol. The number of ether oxygens (including phenoxy) is 2. The van der Waals surface area contributed by atoms with Crippen molar-refractivity contribution < 1.29 is 9.47 Å². The molecule has 0 radical (unpaired) electrons. The molecule has 20 heavy (non-hydrogen) atoms. The van der Waals surface area contributed by atoms with E-state index >= 15 is 0 Å². The van der Waals surface area contributed by atoms with Crippen molar-refractivity contribution in [3.8, 4) is 0 Å². The SMILES string of the molecule is CCCC[C@@H]1CC[C@H]2CCC[C@@H](C3(CC)OCCO3)N12. The second kappa shape index (κ2) is 6.33. The topological polar surface area (TPSA) is 21.7 Å². The van der Waals surface area contributed by atoms with Crippen LogP contribution in [0.4, 0.5) is 0 Å². The van der Waals surface area contributed by atoms with Gasteiger partial charge in [-0.3, -0.25) is 4.90 Å². The highest BCUT2D eigenvalue weighted by atomic mass is 16.7. The molecule has 3 rings (SSSR count). The predicted octanol–water partition coefficient (Wildman–Crippen LogP) is 3.72. The number of piperidine rings is 1. The fourth-order valence-electron chi connectivity index (χ4n) is 4.76. The molecule has 0 aromatic carbocycles. The van der Waals surface area contributed by atoms with Crippen LogP contribution in [-0.2, 0) is 9.47 Å². The molecule has 0 unspecified atom stereocenters. The van der Waals surface area contributed by atoms with Crippen LogP contribution in [0.2, 0.25) is 0 Å². The number of fused-ring (bicyclic) bond motifs is 1. The van der Waals surface area contributed by atoms with E-state index in [-0.39, 0.29) is 5.79 Å². The van der Waals surface area contributed by atoms with Crippen molar-refractivity contribution in [3.63, 3.8) is 0 Å². The zero-order valence-electron chi connectivity index (χ0n) is 13.3. The van der Waals surface area contributed by atoms with Gasteiger partial charge in [-0.25, -0.2) is 0 Å². The first-order valence-corrected chi connectivity index (χ1v) is 8.86. The van der Waals surface area contributed by atoms with Gasteiger partial charge in [-0.15, -0.1) is 0 Å². The van der Waals surface area contributed by atoms with E-state index in [9.17, 15) is 0 Å². The fraction of sp³-hybridized carbons (Fsp3) is 1.00. The first kappa shape index (κ1) is 14.8. The molecule has 3 heterocycles. The summed E-state index contributed by atoms with van der Waals surface area (Å²) in [7, 11) is 0. The maximum atomic E-state index is 6.13. The van der Waals surface area contributed by atoms with E-state index in [4.69, 9.17) is 9.47 Å². The van der Waals surface area contributed by atoms with Crippen molar-refractivity contribution in [1.82, 2.24) is 4.90 Å². The molecule has 3 heteroatoms. The largest absolute Gasteiger partial charge is 0.346 e. The van der Waals surface area contributed by atoms with Gasteiger partial charge in [0.05, 0.1) is 19.3 Å². The standard InChI is InChI=1S/C17H31NO2/c1-3-5-7-14-10-11-15-8-6-9-16(18(14)15)17(4-2)19-12-13-20-17/h14-16H,3-13H2,1-2H3/t14-,15-,16+/m1/s1. The molecule has 0 spiro atoms. The fourth-order valence-corrected chi connectivity index (χ4v) is 4.76. The zero-order valence-corrected chi connectivity index (χ0v) is 13.3. The lowest BCUT2D eigenvalue weighted by atomic mass is 9.89. The highest BCUT2D eigenvalue weighted by Gasteiger charge is 2.51. The second-order valence-electron chi connectivity index (χ2n) is 6.78. The number of rotatable bonds is 5. The van der Waals surface area contributed by atoms with Gasteiger partial charge < -0.3 is 9.47 Å². The van der Waals surface area contributed by atoms with E-state index in [0.717, 1.165) is 31.7 Å². The van der Waals surface area contributed by atoms with Gasteiger partial charge in [-0.2, -0.15) is 0 Å². The summed E-state index contributed by atoms with van der Waals surface area (Å²) in [6, 6.07) is 2.08. The van der Waals surface area contributed by atoms with Crippen LogP contribution < -0.4 is 0 Å². The van der Waals surface area contributed by atoms with E-state index < -0.39 is 0 Å². The van der Waals surface area contributed by atoms with Crippen LogP contribution in [0.3, 0.4) is 0 Å². The monoisotopic (exact) mass is 281 g/mol. The van der Waals surface area contributed by atoms with Crippen LogP contribution in [0.25, 0.3) is 0 Å². The molecular formula is C17H31NO2. The van der Waals surface area contributed by atoms with E-state index in [0.29, 0.717) is 6.04 Å². The quantitative estimate of drug-likeness (QED) is 0.766. The van der Waals surface area contributed by atoms with Gasteiger partial charge in [0.25, 0.3) is 0 Å². The Hall–Kier alpha value is -0.120. The van der Waals surface area contributed by atoms with Crippen LogP contribution >= 0.6 is 0 Å². The minimum absolute atomic E-state index is 0.298. The van der Waals surface area contributed by atoms with E-state index in [1.165, 1.54) is 51.4 Å². The molecule has 0 amide bonds. The number of hydrogen-bond acceptors (Lipinski definition) is 3. The third-order valence-electron chi connectivity index (χ3n) is 5.72. The highest BCUT2D eigenvalue weighted by molar-refractivity contribution is 5.01. The van der Waals surface area contributed by atoms with Crippen LogP contribution in [0, 0.1) is 0 Å². The summed E-state index contributed by atoms with van der Waals surface area (Å²) in [6.45, 7) is 6.09. The Bertz CT molecular complexity index is 314. The maximum absolute atomic E-state index is 6.13. The van der Waals surface area contributed by atoms with Crippen molar-refractivity contribution in [2.24, 2.45) is 0 Å². The normalized spacial score (nSPS) is 37.2. The zero-order chi connectivity index (χ0) is 14.0. The Morgan fingerprint density at radius 3 is 2.55 bits per heavy atom. The van der Waals surface area contributed by atoms with Crippen LogP contribution in [0.15, 0.2) is 0 Å². The Labute approximate surface area is 124 Å². The number of unbranched alkanes of at least 4 members (excludes halogenated alkanes) is 1. The second-order valence-corrected chi connectivity index (χ2v) is 6.78. The lowest BCUT2D eigenvalue weighted by Crippen LogP contribution is -2.59. The average Bonchev–Trinajstić information content (AvgIpc) is 3.12. The molecule has 0 N–H and O–H groups in total. The van der Waals surface area contributed by atoms with Gasteiger partial charge in [-0.05, 0) is 32.1 Å². The van der Waals surface area contributed by atoms with Crippen molar-refractivity contribution >= 4 is 0 Å². The third-order valence-corrected chi connectivity index (χ3v) is 5.72. The van der Waals surface area contributed by atoms with Crippen molar-refractivity contribution in [3.05, 3.63) is 0 Å². The van der Waals surface area contributed by atoms with Crippen LogP contribution in [-0.4, -0.2) is 42.0 Å². The Balaban J connectivity index is 1.77.